The van der Waals surface area contributed by atoms with Crippen molar-refractivity contribution in [1.82, 2.24) is 4.57 Å². The Labute approximate surface area is 96.1 Å². The second-order valence-electron chi connectivity index (χ2n) is 3.91. The number of rotatable bonds is 4. The third kappa shape index (κ3) is 2.10. The summed E-state index contributed by atoms with van der Waals surface area (Å²) in [6.45, 7) is 1.56. The summed E-state index contributed by atoms with van der Waals surface area (Å²) in [4.78, 5) is 0. The Morgan fingerprint density at radius 2 is 2.19 bits per heavy atom. The lowest BCUT2D eigenvalue weighted by Crippen LogP contribution is -1.98. The van der Waals surface area contributed by atoms with Gasteiger partial charge in [-0.15, -0.1) is 12.3 Å². The van der Waals surface area contributed by atoms with Crippen molar-refractivity contribution in [3.63, 3.8) is 0 Å². The van der Waals surface area contributed by atoms with Crippen molar-refractivity contribution in [3.05, 3.63) is 36.0 Å². The highest BCUT2D eigenvalue weighted by Crippen LogP contribution is 2.18. The second-order valence-corrected chi connectivity index (χ2v) is 3.91. The first kappa shape index (κ1) is 10.8. The minimum Gasteiger partial charge on any atom is -0.347 e. The lowest BCUT2D eigenvalue weighted by atomic mass is 10.1. The van der Waals surface area contributed by atoms with Gasteiger partial charge in [-0.25, -0.2) is 0 Å². The fraction of sp³-hybridized carbons (Fsp3) is 0.286. The number of fused-ring (bicyclic) bond motifs is 1. The first-order valence-corrected chi connectivity index (χ1v) is 5.56. The lowest BCUT2D eigenvalue weighted by molar-refractivity contribution is 0.676. The highest BCUT2D eigenvalue weighted by atomic mass is 14.9. The van der Waals surface area contributed by atoms with Crippen LogP contribution in [0, 0.1) is 12.3 Å². The zero-order valence-corrected chi connectivity index (χ0v) is 9.32. The van der Waals surface area contributed by atoms with E-state index in [0.29, 0.717) is 6.54 Å². The third-order valence-corrected chi connectivity index (χ3v) is 2.79. The van der Waals surface area contributed by atoms with Crippen LogP contribution in [-0.4, -0.2) is 4.57 Å². The van der Waals surface area contributed by atoms with E-state index >= 15 is 0 Å². The summed E-state index contributed by atoms with van der Waals surface area (Å²) in [6, 6.07) is 8.49. The van der Waals surface area contributed by atoms with Gasteiger partial charge in [0.15, 0.2) is 0 Å². The van der Waals surface area contributed by atoms with Crippen molar-refractivity contribution in [1.29, 1.82) is 0 Å². The molecule has 0 spiro atoms. The molecule has 2 N–H and O–H groups in total. The van der Waals surface area contributed by atoms with Gasteiger partial charge in [-0.3, -0.25) is 0 Å². The van der Waals surface area contributed by atoms with Crippen LogP contribution in [0.4, 0.5) is 0 Å². The number of terminal acetylenes is 1. The van der Waals surface area contributed by atoms with E-state index in [2.05, 4.69) is 40.9 Å². The molecule has 0 saturated carbocycles. The summed E-state index contributed by atoms with van der Waals surface area (Å²) in [7, 11) is 0. The van der Waals surface area contributed by atoms with Gasteiger partial charge in [0.25, 0.3) is 0 Å². The van der Waals surface area contributed by atoms with Crippen LogP contribution in [-0.2, 0) is 13.1 Å². The van der Waals surface area contributed by atoms with Crippen LogP contribution < -0.4 is 5.73 Å². The summed E-state index contributed by atoms with van der Waals surface area (Å²) in [5.74, 6) is 2.67. The molecule has 0 aliphatic heterocycles. The number of aryl methyl sites for hydroxylation is 1. The predicted octanol–water partition coefficient (Wildman–Crippen LogP) is 2.51. The summed E-state index contributed by atoms with van der Waals surface area (Å²) >= 11 is 0. The molecule has 1 aromatic heterocycles. The monoisotopic (exact) mass is 212 g/mol. The number of hydrogen-bond acceptors (Lipinski definition) is 1. The van der Waals surface area contributed by atoms with E-state index in [9.17, 15) is 0 Å². The molecule has 0 aliphatic carbocycles. The standard InChI is InChI=1S/C14H16N2/c1-2-3-4-8-16-9-7-13-6-5-12(11-15)10-14(13)16/h1,5-7,9-10H,3-4,8,11,15H2. The number of aromatic nitrogens is 1. The highest BCUT2D eigenvalue weighted by molar-refractivity contribution is 5.80. The summed E-state index contributed by atoms with van der Waals surface area (Å²) in [5.41, 5.74) is 8.07. The maximum Gasteiger partial charge on any atom is 0.0483 e. The molecule has 1 heterocycles. The molecule has 2 nitrogen and oxygen atoms in total. The molecular formula is C14H16N2. The molecule has 2 rings (SSSR count). The van der Waals surface area contributed by atoms with Gasteiger partial charge in [0.05, 0.1) is 0 Å². The van der Waals surface area contributed by atoms with E-state index in [1.807, 2.05) is 0 Å². The molecule has 16 heavy (non-hydrogen) atoms. The number of unbranched alkanes of at least 4 members (excludes halogenated alkanes) is 1. The fourth-order valence-corrected chi connectivity index (χ4v) is 1.90. The van der Waals surface area contributed by atoms with Gasteiger partial charge in [-0.1, -0.05) is 12.1 Å². The van der Waals surface area contributed by atoms with Gasteiger partial charge in [0, 0.05) is 31.2 Å². The van der Waals surface area contributed by atoms with Crippen LogP contribution in [0.25, 0.3) is 10.9 Å². The Kier molecular flexibility index (Phi) is 3.28. The van der Waals surface area contributed by atoms with Crippen LogP contribution in [0.1, 0.15) is 18.4 Å². The fourth-order valence-electron chi connectivity index (χ4n) is 1.90. The van der Waals surface area contributed by atoms with E-state index in [1.165, 1.54) is 16.5 Å². The zero-order chi connectivity index (χ0) is 11.4. The highest BCUT2D eigenvalue weighted by Gasteiger charge is 2.01. The lowest BCUT2D eigenvalue weighted by Gasteiger charge is -2.05. The molecule has 1 aromatic carbocycles. The summed E-state index contributed by atoms with van der Waals surface area (Å²) in [6.07, 6.45) is 9.21. The number of hydrogen-bond donors (Lipinski definition) is 1. The molecule has 0 fully saturated rings. The molecule has 0 amide bonds. The Bertz CT molecular complexity index is 517. The minimum atomic E-state index is 0.589. The molecule has 0 atom stereocenters. The van der Waals surface area contributed by atoms with E-state index in [0.717, 1.165) is 19.4 Å². The Morgan fingerprint density at radius 3 is 2.94 bits per heavy atom. The van der Waals surface area contributed by atoms with Gasteiger partial charge in [-0.05, 0) is 29.5 Å². The van der Waals surface area contributed by atoms with Crippen molar-refractivity contribution < 1.29 is 0 Å². The molecule has 0 bridgehead atoms. The van der Waals surface area contributed by atoms with E-state index in [-0.39, 0.29) is 0 Å². The van der Waals surface area contributed by atoms with E-state index < -0.39 is 0 Å². The molecule has 0 aliphatic rings. The van der Waals surface area contributed by atoms with E-state index in [1.54, 1.807) is 0 Å². The number of benzene rings is 1. The summed E-state index contributed by atoms with van der Waals surface area (Å²) in [5, 5.41) is 1.26. The van der Waals surface area contributed by atoms with Gasteiger partial charge >= 0.3 is 0 Å². The quantitative estimate of drug-likeness (QED) is 0.612. The van der Waals surface area contributed by atoms with Crippen molar-refractivity contribution in [2.45, 2.75) is 25.9 Å². The van der Waals surface area contributed by atoms with Crippen molar-refractivity contribution >= 4 is 10.9 Å². The SMILES string of the molecule is C#CCCCn1ccc2ccc(CN)cc21. The normalized spacial score (nSPS) is 10.5. The molecule has 0 radical (unpaired) electrons. The average molecular weight is 212 g/mol. The molecule has 82 valence electrons. The summed E-state index contributed by atoms with van der Waals surface area (Å²) < 4.78 is 2.24. The zero-order valence-electron chi connectivity index (χ0n) is 9.32. The topological polar surface area (TPSA) is 30.9 Å². The van der Waals surface area contributed by atoms with Crippen LogP contribution in [0.15, 0.2) is 30.5 Å². The first-order chi connectivity index (χ1) is 7.85. The molecule has 2 heteroatoms. The molecule has 0 saturated heterocycles. The van der Waals surface area contributed by atoms with Crippen LogP contribution in [0.3, 0.4) is 0 Å². The molecule has 0 unspecified atom stereocenters. The van der Waals surface area contributed by atoms with Crippen molar-refractivity contribution in [2.75, 3.05) is 0 Å². The largest absolute Gasteiger partial charge is 0.347 e. The second kappa shape index (κ2) is 4.87. The molecular weight excluding hydrogens is 196 g/mol. The van der Waals surface area contributed by atoms with Gasteiger partial charge < -0.3 is 10.3 Å². The average Bonchev–Trinajstić information content (AvgIpc) is 2.72. The predicted molar refractivity (Wildman–Crippen MR) is 67.9 cm³/mol. The van der Waals surface area contributed by atoms with Crippen LogP contribution >= 0.6 is 0 Å². The van der Waals surface area contributed by atoms with Gasteiger partial charge in [-0.2, -0.15) is 0 Å². The Hall–Kier alpha value is -1.72. The van der Waals surface area contributed by atoms with Gasteiger partial charge in [0.1, 0.15) is 0 Å². The van der Waals surface area contributed by atoms with Crippen molar-refractivity contribution in [2.24, 2.45) is 5.73 Å². The smallest absolute Gasteiger partial charge is 0.0483 e. The van der Waals surface area contributed by atoms with Crippen LogP contribution in [0.2, 0.25) is 0 Å². The molecule has 2 aromatic rings. The first-order valence-electron chi connectivity index (χ1n) is 5.56. The van der Waals surface area contributed by atoms with Crippen LogP contribution in [0.5, 0.6) is 0 Å². The Morgan fingerprint density at radius 1 is 1.31 bits per heavy atom. The number of nitrogens with zero attached hydrogens (tertiary/aromatic N) is 1. The van der Waals surface area contributed by atoms with Crippen molar-refractivity contribution in [3.8, 4) is 12.3 Å². The minimum absolute atomic E-state index is 0.589. The number of nitrogens with two attached hydrogens (primary N) is 1. The Balaban J connectivity index is 2.28. The maximum atomic E-state index is 5.65. The van der Waals surface area contributed by atoms with Gasteiger partial charge in [0.2, 0.25) is 0 Å². The van der Waals surface area contributed by atoms with E-state index in [4.69, 9.17) is 12.2 Å². The maximum absolute atomic E-state index is 5.65. The third-order valence-electron chi connectivity index (χ3n) is 2.79.